The van der Waals surface area contributed by atoms with E-state index in [1.54, 1.807) is 12.1 Å². The number of benzene rings is 2. The smallest absolute Gasteiger partial charge is 0.306 e. The predicted octanol–water partition coefficient (Wildman–Crippen LogP) is 2.47. The van der Waals surface area contributed by atoms with E-state index in [0.29, 0.717) is 12.3 Å². The van der Waals surface area contributed by atoms with Crippen LogP contribution in [0.2, 0.25) is 0 Å². The van der Waals surface area contributed by atoms with Gasteiger partial charge in [-0.1, -0.05) is 17.7 Å². The van der Waals surface area contributed by atoms with Crippen molar-refractivity contribution in [3.63, 3.8) is 0 Å². The first kappa shape index (κ1) is 17.3. The molecule has 0 fully saturated rings. The number of amidine groups is 1. The third kappa shape index (κ3) is 4.73. The minimum atomic E-state index is -3.53. The van der Waals surface area contributed by atoms with Crippen LogP contribution in [-0.2, 0) is 10.1 Å². The first-order valence-corrected chi connectivity index (χ1v) is 9.83. The van der Waals surface area contributed by atoms with Gasteiger partial charge in [0.2, 0.25) is 0 Å². The minimum Gasteiger partial charge on any atom is -0.383 e. The van der Waals surface area contributed by atoms with Gasteiger partial charge in [-0.25, -0.2) is 0 Å². The quantitative estimate of drug-likeness (QED) is 0.803. The molecule has 0 saturated heterocycles. The highest BCUT2D eigenvalue weighted by molar-refractivity contribution is 7.86. The number of nitrogens with zero attached hydrogens (tertiary/aromatic N) is 2. The molecule has 6 nitrogen and oxygen atoms in total. The summed E-state index contributed by atoms with van der Waals surface area (Å²) in [5, 5.41) is 3.28. The van der Waals surface area contributed by atoms with Crippen LogP contribution < -0.4 is 14.4 Å². The van der Waals surface area contributed by atoms with Gasteiger partial charge in [0.25, 0.3) is 0 Å². The van der Waals surface area contributed by atoms with Gasteiger partial charge in [-0.15, -0.1) is 0 Å². The van der Waals surface area contributed by atoms with Crippen LogP contribution in [0.4, 0.5) is 11.4 Å². The highest BCUT2D eigenvalue weighted by atomic mass is 32.2. The third-order valence-corrected chi connectivity index (χ3v) is 4.29. The Hall–Kier alpha value is -2.54. The fourth-order valence-corrected chi connectivity index (χ4v) is 3.08. The van der Waals surface area contributed by atoms with Crippen LogP contribution in [-0.4, -0.2) is 40.1 Å². The van der Waals surface area contributed by atoms with Gasteiger partial charge in [0.1, 0.15) is 11.6 Å². The van der Waals surface area contributed by atoms with Crippen molar-refractivity contribution < 1.29 is 12.6 Å². The normalized spacial score (nSPS) is 13.9. The molecule has 0 atom stereocenters. The molecule has 1 N–H and O–H groups in total. The molecule has 0 spiro atoms. The molecule has 0 radical (unpaired) electrons. The number of hydrogen-bond acceptors (Lipinski definition) is 6. The van der Waals surface area contributed by atoms with E-state index in [1.165, 1.54) is 5.56 Å². The highest BCUT2D eigenvalue weighted by Gasteiger charge is 2.15. The minimum absolute atomic E-state index is 0.298. The average molecular weight is 359 g/mol. The van der Waals surface area contributed by atoms with E-state index in [4.69, 9.17) is 4.18 Å². The number of rotatable bonds is 6. The second-order valence-electron chi connectivity index (χ2n) is 5.96. The van der Waals surface area contributed by atoms with Crippen LogP contribution in [0.3, 0.4) is 0 Å². The van der Waals surface area contributed by atoms with Crippen molar-refractivity contribution in [3.8, 4) is 5.75 Å². The molecule has 7 heteroatoms. The fourth-order valence-electron chi connectivity index (χ4n) is 2.62. The van der Waals surface area contributed by atoms with E-state index in [2.05, 4.69) is 39.5 Å². The van der Waals surface area contributed by atoms with E-state index < -0.39 is 10.1 Å². The van der Waals surface area contributed by atoms with Crippen molar-refractivity contribution in [2.75, 3.05) is 30.8 Å². The van der Waals surface area contributed by atoms with Crippen molar-refractivity contribution in [2.45, 2.75) is 6.92 Å². The molecule has 0 aliphatic carbocycles. The zero-order chi connectivity index (χ0) is 17.9. The number of aryl methyl sites for hydroxylation is 1. The molecule has 2 aromatic carbocycles. The summed E-state index contributed by atoms with van der Waals surface area (Å²) < 4.78 is 27.4. The van der Waals surface area contributed by atoms with Crippen molar-refractivity contribution >= 4 is 27.3 Å². The summed E-state index contributed by atoms with van der Waals surface area (Å²) in [6.45, 7) is 4.32. The molecule has 1 heterocycles. The van der Waals surface area contributed by atoms with Crippen molar-refractivity contribution in [1.82, 2.24) is 5.32 Å². The number of aliphatic imine (C=N–C) groups is 1. The molecule has 0 saturated carbocycles. The topological polar surface area (TPSA) is 71.0 Å². The molecule has 0 bridgehead atoms. The monoisotopic (exact) mass is 359 g/mol. The lowest BCUT2D eigenvalue weighted by molar-refractivity contribution is 0.493. The number of nitrogens with one attached hydrogen (secondary N) is 1. The first-order chi connectivity index (χ1) is 11.9. The lowest BCUT2D eigenvalue weighted by Gasteiger charge is -2.25. The SMILES string of the molecule is Cc1ccc(N(CC2=NCCN2)c2ccc(OS(C)(=O)=O)cc2)cc1. The molecule has 0 aromatic heterocycles. The summed E-state index contributed by atoms with van der Waals surface area (Å²) >= 11 is 0. The standard InChI is InChI=1S/C18H21N3O3S/c1-14-3-5-15(6-4-14)21(13-18-19-11-12-20-18)16-7-9-17(10-8-16)24-25(2,22)23/h3-10H,11-13H2,1-2H3,(H,19,20). The number of anilines is 2. The molecule has 1 aliphatic heterocycles. The highest BCUT2D eigenvalue weighted by Crippen LogP contribution is 2.28. The van der Waals surface area contributed by atoms with Crippen molar-refractivity contribution in [3.05, 3.63) is 54.1 Å². The molecular formula is C18H21N3O3S. The van der Waals surface area contributed by atoms with Crippen molar-refractivity contribution in [2.24, 2.45) is 4.99 Å². The van der Waals surface area contributed by atoms with Gasteiger partial charge in [0.15, 0.2) is 0 Å². The summed E-state index contributed by atoms with van der Waals surface area (Å²) in [5.74, 6) is 1.24. The Morgan fingerprint density at radius 1 is 1.08 bits per heavy atom. The largest absolute Gasteiger partial charge is 0.383 e. The Morgan fingerprint density at radius 3 is 2.20 bits per heavy atom. The van der Waals surface area contributed by atoms with Crippen molar-refractivity contribution in [1.29, 1.82) is 0 Å². The fraction of sp³-hybridized carbons (Fsp3) is 0.278. The van der Waals surface area contributed by atoms with Crippen LogP contribution in [0.1, 0.15) is 5.56 Å². The van der Waals surface area contributed by atoms with Gasteiger partial charge in [-0.05, 0) is 43.3 Å². The van der Waals surface area contributed by atoms with E-state index in [9.17, 15) is 8.42 Å². The van der Waals surface area contributed by atoms with E-state index in [-0.39, 0.29) is 0 Å². The second kappa shape index (κ2) is 7.14. The van der Waals surface area contributed by atoms with Gasteiger partial charge in [-0.3, -0.25) is 4.99 Å². The molecule has 25 heavy (non-hydrogen) atoms. The maximum absolute atomic E-state index is 11.2. The molecular weight excluding hydrogens is 338 g/mol. The van der Waals surface area contributed by atoms with Gasteiger partial charge in [0, 0.05) is 17.9 Å². The Bertz CT molecular complexity index is 859. The molecule has 1 aliphatic rings. The molecule has 0 unspecified atom stereocenters. The van der Waals surface area contributed by atoms with Gasteiger partial charge >= 0.3 is 10.1 Å². The second-order valence-corrected chi connectivity index (χ2v) is 7.53. The van der Waals surface area contributed by atoms with Crippen LogP contribution in [0.5, 0.6) is 5.75 Å². The summed E-state index contributed by atoms with van der Waals surface area (Å²) in [7, 11) is -3.53. The summed E-state index contributed by atoms with van der Waals surface area (Å²) in [6, 6.07) is 15.2. The molecule has 132 valence electrons. The zero-order valence-electron chi connectivity index (χ0n) is 14.3. The van der Waals surface area contributed by atoms with Crippen LogP contribution in [0.15, 0.2) is 53.5 Å². The van der Waals surface area contributed by atoms with Gasteiger partial charge in [0.05, 0.1) is 19.3 Å². The first-order valence-electron chi connectivity index (χ1n) is 8.02. The lowest BCUT2D eigenvalue weighted by Crippen LogP contribution is -2.32. The molecule has 3 rings (SSSR count). The third-order valence-electron chi connectivity index (χ3n) is 3.79. The van der Waals surface area contributed by atoms with Crippen LogP contribution in [0.25, 0.3) is 0 Å². The Kier molecular flexibility index (Phi) is 4.94. The average Bonchev–Trinajstić information content (AvgIpc) is 3.06. The Morgan fingerprint density at radius 2 is 1.68 bits per heavy atom. The molecule has 2 aromatic rings. The van der Waals surface area contributed by atoms with Gasteiger partial charge in [-0.2, -0.15) is 8.42 Å². The van der Waals surface area contributed by atoms with E-state index in [1.807, 2.05) is 19.1 Å². The zero-order valence-corrected chi connectivity index (χ0v) is 15.1. The predicted molar refractivity (Wildman–Crippen MR) is 100 cm³/mol. The Balaban J connectivity index is 1.89. The summed E-state index contributed by atoms with van der Waals surface area (Å²) in [4.78, 5) is 6.60. The van der Waals surface area contributed by atoms with Crippen LogP contribution >= 0.6 is 0 Å². The number of hydrogen-bond donors (Lipinski definition) is 1. The maximum atomic E-state index is 11.2. The van der Waals surface area contributed by atoms with Gasteiger partial charge < -0.3 is 14.4 Å². The van der Waals surface area contributed by atoms with E-state index >= 15 is 0 Å². The van der Waals surface area contributed by atoms with E-state index in [0.717, 1.165) is 36.6 Å². The summed E-state index contributed by atoms with van der Waals surface area (Å²) in [6.07, 6.45) is 1.03. The summed E-state index contributed by atoms with van der Waals surface area (Å²) in [5.41, 5.74) is 3.16. The maximum Gasteiger partial charge on any atom is 0.306 e. The lowest BCUT2D eigenvalue weighted by atomic mass is 10.2. The Labute approximate surface area is 148 Å². The molecule has 0 amide bonds. The van der Waals surface area contributed by atoms with Crippen LogP contribution in [0, 0.1) is 6.92 Å².